The molecule has 2 aromatic rings. The van der Waals surface area contributed by atoms with Crippen molar-refractivity contribution in [3.05, 3.63) is 71.2 Å². The molecule has 1 atom stereocenters. The van der Waals surface area contributed by atoms with Crippen molar-refractivity contribution < 1.29 is 35.6 Å². The fourth-order valence-electron chi connectivity index (χ4n) is 4.64. The Hall–Kier alpha value is -3.25. The summed E-state index contributed by atoms with van der Waals surface area (Å²) in [6.07, 6.45) is -5.90. The first-order valence-electron chi connectivity index (χ1n) is 10.9. The van der Waals surface area contributed by atoms with Crippen LogP contribution in [0, 0.1) is 11.2 Å². The molecule has 2 aromatic carbocycles. The lowest BCUT2D eigenvalue weighted by Crippen LogP contribution is -2.66. The highest BCUT2D eigenvalue weighted by Crippen LogP contribution is 2.52. The highest BCUT2D eigenvalue weighted by Gasteiger charge is 2.72. The second-order valence-electron chi connectivity index (χ2n) is 9.70. The molecule has 192 valence electrons. The fourth-order valence-corrected chi connectivity index (χ4v) is 5.96. The topological polar surface area (TPSA) is 110 Å². The summed E-state index contributed by atoms with van der Waals surface area (Å²) in [5.74, 6) is -3.20. The van der Waals surface area contributed by atoms with Crippen molar-refractivity contribution in [3.8, 4) is 0 Å². The van der Waals surface area contributed by atoms with Crippen molar-refractivity contribution in [2.24, 2.45) is 5.41 Å². The molecule has 12 heteroatoms. The third-order valence-corrected chi connectivity index (χ3v) is 7.74. The van der Waals surface area contributed by atoms with Crippen LogP contribution in [0.3, 0.4) is 0 Å². The number of allylic oxidation sites excluding steroid dienone is 1. The maximum absolute atomic E-state index is 14.8. The van der Waals surface area contributed by atoms with Crippen molar-refractivity contribution >= 4 is 27.4 Å². The van der Waals surface area contributed by atoms with Crippen LogP contribution >= 0.6 is 0 Å². The number of halogens is 4. The van der Waals surface area contributed by atoms with Gasteiger partial charge in [0.05, 0.1) is 17.0 Å². The lowest BCUT2D eigenvalue weighted by Gasteiger charge is -2.35. The van der Waals surface area contributed by atoms with Gasteiger partial charge < -0.3 is 10.6 Å². The van der Waals surface area contributed by atoms with E-state index < -0.39 is 61.7 Å². The van der Waals surface area contributed by atoms with E-state index in [4.69, 9.17) is 5.73 Å². The normalized spacial score (nSPS) is 22.2. The summed E-state index contributed by atoms with van der Waals surface area (Å²) in [5.41, 5.74) is 0.284. The molecule has 0 bridgehead atoms. The van der Waals surface area contributed by atoms with Gasteiger partial charge in [-0.05, 0) is 53.8 Å². The molecule has 1 amide bonds. The number of ketones is 1. The van der Waals surface area contributed by atoms with Gasteiger partial charge in [-0.2, -0.15) is 17.9 Å². The average Bonchev–Trinajstić information content (AvgIpc) is 2.97. The van der Waals surface area contributed by atoms with E-state index in [0.717, 1.165) is 29.2 Å². The molecular formula is C24H23F4N3O4S. The third-order valence-electron chi connectivity index (χ3n) is 6.28. The molecule has 1 aliphatic heterocycles. The van der Waals surface area contributed by atoms with E-state index in [1.807, 2.05) is 0 Å². The number of nitrogens with two attached hydrogens (primary N) is 1. The number of rotatable bonds is 5. The number of nitrogens with zero attached hydrogens (tertiary/aromatic N) is 1. The molecule has 0 radical (unpaired) electrons. The summed E-state index contributed by atoms with van der Waals surface area (Å²) in [6, 6.07) is 9.13. The predicted octanol–water partition coefficient (Wildman–Crippen LogP) is 3.67. The van der Waals surface area contributed by atoms with Gasteiger partial charge in [-0.25, -0.2) is 12.8 Å². The first kappa shape index (κ1) is 25.8. The molecular weight excluding hydrogens is 502 g/mol. The van der Waals surface area contributed by atoms with Gasteiger partial charge in [-0.1, -0.05) is 26.0 Å². The SMILES string of the molecule is CC1(C)CC(=O)C2=C(C1)N(Cc1ccc(F)cc1)C(=O)[C@]2(NS(=O)(=O)c1ccc(N)cc1)C(F)(F)F. The Kier molecular flexibility index (Phi) is 6.03. The van der Waals surface area contributed by atoms with Crippen LogP contribution in [0.2, 0.25) is 0 Å². The maximum Gasteiger partial charge on any atom is 0.421 e. The van der Waals surface area contributed by atoms with Crippen LogP contribution in [0.4, 0.5) is 23.2 Å². The quantitative estimate of drug-likeness (QED) is 0.457. The lowest BCUT2D eigenvalue weighted by molar-refractivity contribution is -0.189. The molecule has 0 aromatic heterocycles. The van der Waals surface area contributed by atoms with Crippen molar-refractivity contribution in [2.75, 3.05) is 5.73 Å². The first-order valence-corrected chi connectivity index (χ1v) is 12.4. The van der Waals surface area contributed by atoms with Crippen LogP contribution in [-0.2, 0) is 26.2 Å². The summed E-state index contributed by atoms with van der Waals surface area (Å²) in [6.45, 7) is 2.92. The highest BCUT2D eigenvalue weighted by atomic mass is 32.2. The van der Waals surface area contributed by atoms with E-state index in [-0.39, 0.29) is 24.2 Å². The summed E-state index contributed by atoms with van der Waals surface area (Å²) in [7, 11) is -4.95. The Balaban J connectivity index is 1.91. The molecule has 3 N–H and O–H groups in total. The zero-order chi connectivity index (χ0) is 26.7. The molecule has 2 aliphatic rings. The Morgan fingerprint density at radius 2 is 1.58 bits per heavy atom. The number of sulfonamides is 1. The second-order valence-corrected chi connectivity index (χ2v) is 11.4. The average molecular weight is 526 g/mol. The third kappa shape index (κ3) is 4.28. The zero-order valence-corrected chi connectivity index (χ0v) is 20.1. The minimum Gasteiger partial charge on any atom is -0.399 e. The number of hydrogen-bond acceptors (Lipinski definition) is 5. The zero-order valence-electron chi connectivity index (χ0n) is 19.3. The van der Waals surface area contributed by atoms with E-state index in [9.17, 15) is 35.6 Å². The number of amides is 1. The number of carbonyl (C=O) groups is 2. The van der Waals surface area contributed by atoms with Gasteiger partial charge in [0, 0.05) is 17.8 Å². The van der Waals surface area contributed by atoms with Gasteiger partial charge in [0.25, 0.3) is 5.91 Å². The predicted molar refractivity (Wildman–Crippen MR) is 122 cm³/mol. The molecule has 36 heavy (non-hydrogen) atoms. The van der Waals surface area contributed by atoms with Gasteiger partial charge in [0.1, 0.15) is 5.82 Å². The van der Waals surface area contributed by atoms with Crippen molar-refractivity contribution in [2.45, 2.75) is 49.8 Å². The summed E-state index contributed by atoms with van der Waals surface area (Å²) in [5, 5.41) is 0. The largest absolute Gasteiger partial charge is 0.421 e. The molecule has 0 spiro atoms. The summed E-state index contributed by atoms with van der Waals surface area (Å²) in [4.78, 5) is 27.0. The van der Waals surface area contributed by atoms with E-state index in [1.54, 1.807) is 18.6 Å². The molecule has 0 unspecified atom stereocenters. The van der Waals surface area contributed by atoms with Crippen LogP contribution in [0.15, 0.2) is 64.7 Å². The smallest absolute Gasteiger partial charge is 0.399 e. The monoisotopic (exact) mass is 525 g/mol. The molecule has 4 rings (SSSR count). The van der Waals surface area contributed by atoms with E-state index in [1.165, 1.54) is 24.3 Å². The molecule has 1 aliphatic carbocycles. The number of nitrogen functional groups attached to an aromatic ring is 1. The summed E-state index contributed by atoms with van der Waals surface area (Å²) < 4.78 is 85.7. The Labute approximate surface area is 205 Å². The Morgan fingerprint density at radius 1 is 1.00 bits per heavy atom. The number of nitrogens with one attached hydrogen (secondary N) is 1. The second kappa shape index (κ2) is 8.41. The standard InChI is InChI=1S/C24H23F4N3O4S/c1-22(2)11-18-20(19(32)12-22)23(24(26,27)28,30-36(34,35)17-9-7-16(29)8-10-17)21(33)31(18)13-14-3-5-15(25)6-4-14/h3-10,30H,11-13,29H2,1-2H3/t23-/m0/s1. The van der Waals surface area contributed by atoms with Crippen LogP contribution in [-0.4, -0.2) is 36.7 Å². The number of hydrogen-bond donors (Lipinski definition) is 2. The van der Waals surface area contributed by atoms with Crippen molar-refractivity contribution in [3.63, 3.8) is 0 Å². The maximum atomic E-state index is 14.8. The van der Waals surface area contributed by atoms with Crippen molar-refractivity contribution in [1.29, 1.82) is 0 Å². The number of anilines is 1. The molecule has 1 heterocycles. The van der Waals surface area contributed by atoms with Gasteiger partial charge in [0.2, 0.25) is 15.6 Å². The minimum atomic E-state index is -5.50. The van der Waals surface area contributed by atoms with Crippen LogP contribution in [0.1, 0.15) is 32.3 Å². The summed E-state index contributed by atoms with van der Waals surface area (Å²) >= 11 is 0. The fraction of sp³-hybridized carbons (Fsp3) is 0.333. The Bertz CT molecular complexity index is 1370. The van der Waals surface area contributed by atoms with Crippen molar-refractivity contribution in [1.82, 2.24) is 9.62 Å². The number of Topliss-reactive ketones (excluding diaryl/α,β-unsaturated/α-hetero) is 1. The van der Waals surface area contributed by atoms with Crippen LogP contribution < -0.4 is 10.5 Å². The van der Waals surface area contributed by atoms with E-state index in [0.29, 0.717) is 5.56 Å². The van der Waals surface area contributed by atoms with Gasteiger partial charge in [-0.3, -0.25) is 9.59 Å². The van der Waals surface area contributed by atoms with Gasteiger partial charge in [-0.15, -0.1) is 0 Å². The molecule has 0 saturated carbocycles. The highest BCUT2D eigenvalue weighted by molar-refractivity contribution is 7.89. The van der Waals surface area contributed by atoms with E-state index in [2.05, 4.69) is 0 Å². The molecule has 0 fully saturated rings. The van der Waals surface area contributed by atoms with Gasteiger partial charge >= 0.3 is 6.18 Å². The van der Waals surface area contributed by atoms with Crippen LogP contribution in [0.5, 0.6) is 0 Å². The minimum absolute atomic E-state index is 0.0809. The lowest BCUT2D eigenvalue weighted by atomic mass is 9.72. The Morgan fingerprint density at radius 3 is 2.14 bits per heavy atom. The number of alkyl halides is 3. The van der Waals surface area contributed by atoms with Gasteiger partial charge in [0.15, 0.2) is 5.78 Å². The molecule has 7 nitrogen and oxygen atoms in total. The molecule has 0 saturated heterocycles. The first-order chi connectivity index (χ1) is 16.6. The van der Waals surface area contributed by atoms with E-state index >= 15 is 0 Å². The van der Waals surface area contributed by atoms with Crippen LogP contribution in [0.25, 0.3) is 0 Å². The number of benzene rings is 2. The number of carbonyl (C=O) groups excluding carboxylic acids is 2.